The largest absolute Gasteiger partial charge is 0.146 e. The van der Waals surface area contributed by atoms with Crippen LogP contribution in [0.5, 0.6) is 0 Å². The molecule has 0 N–H and O–H groups in total. The molecule has 3 heterocycles. The van der Waals surface area contributed by atoms with E-state index in [1.807, 2.05) is 34.4 Å². The van der Waals surface area contributed by atoms with Gasteiger partial charge in [-0.1, -0.05) is 34.7 Å². The van der Waals surface area contributed by atoms with Crippen LogP contribution in [-0.2, 0) is 2.75 Å². The first kappa shape index (κ1) is 11.3. The lowest BCUT2D eigenvalue weighted by Crippen LogP contribution is -2.06. The fourth-order valence-corrected chi connectivity index (χ4v) is 5.97. The number of hydrogen-bond acceptors (Lipinski definition) is 3. The van der Waals surface area contributed by atoms with Crippen LogP contribution in [0.15, 0.2) is 40.4 Å². The third kappa shape index (κ3) is 1.89. The standard InChI is InChI=1S/C12H9IS3/c13-12(5-2-7-16-12)11-9(4-8-15-11)10-3-1-6-14-10/h1-4,6-8H,5H2. The van der Waals surface area contributed by atoms with Crippen LogP contribution < -0.4 is 0 Å². The second kappa shape index (κ2) is 4.48. The lowest BCUT2D eigenvalue weighted by molar-refractivity contribution is 0.983. The minimum Gasteiger partial charge on any atom is -0.146 e. The molecule has 0 saturated heterocycles. The van der Waals surface area contributed by atoms with Crippen molar-refractivity contribution in [3.05, 3.63) is 45.3 Å². The maximum absolute atomic E-state index is 2.59. The molecule has 1 atom stereocenters. The number of rotatable bonds is 2. The van der Waals surface area contributed by atoms with Crippen LogP contribution in [0.3, 0.4) is 0 Å². The molecular formula is C12H9IS3. The molecule has 3 rings (SSSR count). The molecule has 2 aromatic heterocycles. The molecule has 1 unspecified atom stereocenters. The normalized spacial score (nSPS) is 24.1. The van der Waals surface area contributed by atoms with E-state index in [-0.39, 0.29) is 2.75 Å². The summed E-state index contributed by atoms with van der Waals surface area (Å²) in [7, 11) is 0. The van der Waals surface area contributed by atoms with Gasteiger partial charge in [0.1, 0.15) is 2.75 Å². The Morgan fingerprint density at radius 1 is 1.19 bits per heavy atom. The lowest BCUT2D eigenvalue weighted by atomic mass is 10.1. The Morgan fingerprint density at radius 2 is 2.12 bits per heavy atom. The van der Waals surface area contributed by atoms with Crippen molar-refractivity contribution in [1.29, 1.82) is 0 Å². The van der Waals surface area contributed by atoms with E-state index < -0.39 is 0 Å². The second-order valence-electron chi connectivity index (χ2n) is 3.56. The van der Waals surface area contributed by atoms with E-state index in [4.69, 9.17) is 0 Å². The van der Waals surface area contributed by atoms with Gasteiger partial charge in [-0.15, -0.1) is 34.4 Å². The molecule has 2 aromatic rings. The van der Waals surface area contributed by atoms with Gasteiger partial charge < -0.3 is 0 Å². The van der Waals surface area contributed by atoms with Gasteiger partial charge >= 0.3 is 0 Å². The molecule has 0 nitrogen and oxygen atoms in total. The van der Waals surface area contributed by atoms with Gasteiger partial charge in [0, 0.05) is 15.3 Å². The van der Waals surface area contributed by atoms with Gasteiger partial charge in [0.05, 0.1) is 0 Å². The van der Waals surface area contributed by atoms with E-state index in [0.717, 1.165) is 6.42 Å². The van der Waals surface area contributed by atoms with Gasteiger partial charge in [0.15, 0.2) is 0 Å². The van der Waals surface area contributed by atoms with Crippen molar-refractivity contribution in [2.24, 2.45) is 0 Å². The molecule has 1 aliphatic rings. The van der Waals surface area contributed by atoms with Crippen LogP contribution in [-0.4, -0.2) is 0 Å². The lowest BCUT2D eigenvalue weighted by Gasteiger charge is -2.20. The first-order valence-electron chi connectivity index (χ1n) is 4.93. The zero-order chi connectivity index (χ0) is 11.0. The molecule has 16 heavy (non-hydrogen) atoms. The molecule has 0 aliphatic carbocycles. The number of thiophene rings is 2. The van der Waals surface area contributed by atoms with E-state index in [1.165, 1.54) is 15.3 Å². The zero-order valence-electron chi connectivity index (χ0n) is 8.35. The predicted molar refractivity (Wildman–Crippen MR) is 84.7 cm³/mol. The summed E-state index contributed by atoms with van der Waals surface area (Å²) in [5.41, 5.74) is 1.42. The van der Waals surface area contributed by atoms with Crippen LogP contribution in [0.1, 0.15) is 11.3 Å². The number of allylic oxidation sites excluding steroid dienone is 1. The van der Waals surface area contributed by atoms with Crippen LogP contribution in [0, 0.1) is 0 Å². The first-order valence-corrected chi connectivity index (χ1v) is 8.65. The molecule has 0 amide bonds. The summed E-state index contributed by atoms with van der Waals surface area (Å²) >= 11 is 8.24. The highest BCUT2D eigenvalue weighted by Gasteiger charge is 2.34. The molecule has 0 aromatic carbocycles. The quantitative estimate of drug-likeness (QED) is 0.478. The monoisotopic (exact) mass is 376 g/mol. The van der Waals surface area contributed by atoms with Gasteiger partial charge in [0.2, 0.25) is 0 Å². The van der Waals surface area contributed by atoms with E-state index in [1.54, 1.807) is 0 Å². The van der Waals surface area contributed by atoms with Crippen LogP contribution in [0.4, 0.5) is 0 Å². The maximum Gasteiger partial charge on any atom is 0.109 e. The summed E-state index contributed by atoms with van der Waals surface area (Å²) in [5, 5.41) is 6.59. The summed E-state index contributed by atoms with van der Waals surface area (Å²) in [6.07, 6.45) is 3.41. The van der Waals surface area contributed by atoms with Gasteiger partial charge in [-0.2, -0.15) is 0 Å². The molecule has 0 spiro atoms. The molecule has 1 aliphatic heterocycles. The fourth-order valence-electron chi connectivity index (χ4n) is 1.77. The predicted octanol–water partition coefficient (Wildman–Crippen LogP) is 5.72. The van der Waals surface area contributed by atoms with Crippen molar-refractivity contribution in [3.8, 4) is 10.4 Å². The molecule has 0 fully saturated rings. The van der Waals surface area contributed by atoms with E-state index in [2.05, 4.69) is 63.0 Å². The van der Waals surface area contributed by atoms with Crippen molar-refractivity contribution in [2.75, 3.05) is 0 Å². The average molecular weight is 376 g/mol. The van der Waals surface area contributed by atoms with Crippen molar-refractivity contribution < 1.29 is 0 Å². The van der Waals surface area contributed by atoms with Gasteiger partial charge in [-0.05, 0) is 34.7 Å². The zero-order valence-corrected chi connectivity index (χ0v) is 13.0. The summed E-state index contributed by atoms with van der Waals surface area (Å²) in [5.74, 6) is 0. The van der Waals surface area contributed by atoms with Crippen LogP contribution >= 0.6 is 57.0 Å². The molecule has 4 heteroatoms. The summed E-state index contributed by atoms with van der Waals surface area (Å²) < 4.78 is 0.227. The first-order chi connectivity index (χ1) is 7.80. The SMILES string of the molecule is IC1(c2sccc2-c2cccs2)CC=CS1. The molecule has 0 saturated carbocycles. The second-order valence-corrected chi connectivity index (χ2v) is 9.21. The number of hydrogen-bond donors (Lipinski definition) is 0. The third-order valence-electron chi connectivity index (χ3n) is 2.52. The smallest absolute Gasteiger partial charge is 0.109 e. The average Bonchev–Trinajstić information content (AvgIpc) is 2.98. The molecule has 82 valence electrons. The molecular weight excluding hydrogens is 367 g/mol. The fraction of sp³-hybridized carbons (Fsp3) is 0.167. The topological polar surface area (TPSA) is 0 Å². The van der Waals surface area contributed by atoms with Crippen molar-refractivity contribution in [1.82, 2.24) is 0 Å². The summed E-state index contributed by atoms with van der Waals surface area (Å²) in [4.78, 5) is 2.89. The summed E-state index contributed by atoms with van der Waals surface area (Å²) in [6.45, 7) is 0. The number of halogens is 1. The van der Waals surface area contributed by atoms with Crippen LogP contribution in [0.25, 0.3) is 10.4 Å². The Balaban J connectivity index is 2.06. The highest BCUT2D eigenvalue weighted by Crippen LogP contribution is 2.55. The Kier molecular flexibility index (Phi) is 3.17. The van der Waals surface area contributed by atoms with Crippen LogP contribution in [0.2, 0.25) is 0 Å². The molecule has 0 bridgehead atoms. The Morgan fingerprint density at radius 3 is 2.81 bits per heavy atom. The van der Waals surface area contributed by atoms with E-state index in [9.17, 15) is 0 Å². The van der Waals surface area contributed by atoms with Gasteiger partial charge in [-0.3, -0.25) is 0 Å². The summed E-state index contributed by atoms with van der Waals surface area (Å²) in [6, 6.07) is 6.59. The van der Waals surface area contributed by atoms with E-state index in [0.29, 0.717) is 0 Å². The van der Waals surface area contributed by atoms with Gasteiger partial charge in [-0.25, -0.2) is 0 Å². The maximum atomic E-state index is 2.59. The Hall–Kier alpha value is 0.220. The highest BCUT2D eigenvalue weighted by molar-refractivity contribution is 14.1. The Labute approximate surface area is 121 Å². The third-order valence-corrected chi connectivity index (χ3v) is 7.81. The van der Waals surface area contributed by atoms with Gasteiger partial charge in [0.25, 0.3) is 0 Å². The minimum atomic E-state index is 0.227. The number of alkyl halides is 1. The number of thioether (sulfide) groups is 1. The van der Waals surface area contributed by atoms with Crippen molar-refractivity contribution in [3.63, 3.8) is 0 Å². The highest BCUT2D eigenvalue weighted by atomic mass is 127. The minimum absolute atomic E-state index is 0.227. The Bertz CT molecular complexity index is 502. The van der Waals surface area contributed by atoms with Crippen molar-refractivity contribution in [2.45, 2.75) is 9.17 Å². The van der Waals surface area contributed by atoms with E-state index >= 15 is 0 Å². The molecule has 0 radical (unpaired) electrons. The van der Waals surface area contributed by atoms with Crippen molar-refractivity contribution >= 4 is 57.0 Å².